The van der Waals surface area contributed by atoms with Crippen LogP contribution >= 0.6 is 0 Å². The Labute approximate surface area is 122 Å². The first-order valence-electron chi connectivity index (χ1n) is 6.68. The van der Waals surface area contributed by atoms with Gasteiger partial charge in [-0.15, -0.1) is 0 Å². The third kappa shape index (κ3) is 2.82. The third-order valence-corrected chi connectivity index (χ3v) is 4.09. The summed E-state index contributed by atoms with van der Waals surface area (Å²) in [6.45, 7) is 2.65. The van der Waals surface area contributed by atoms with Crippen LogP contribution in [0.3, 0.4) is 0 Å². The molecule has 21 heavy (non-hydrogen) atoms. The highest BCUT2D eigenvalue weighted by Crippen LogP contribution is 2.33. The van der Waals surface area contributed by atoms with Gasteiger partial charge in [-0.1, -0.05) is 0 Å². The monoisotopic (exact) mass is 294 g/mol. The fourth-order valence-electron chi connectivity index (χ4n) is 2.72. The van der Waals surface area contributed by atoms with Gasteiger partial charge in [-0.3, -0.25) is 19.8 Å². The van der Waals surface area contributed by atoms with Crippen molar-refractivity contribution in [3.8, 4) is 5.75 Å². The highest BCUT2D eigenvalue weighted by atomic mass is 16.6. The summed E-state index contributed by atoms with van der Waals surface area (Å²) in [4.78, 5) is 23.7. The van der Waals surface area contributed by atoms with E-state index < -0.39 is 16.4 Å². The minimum absolute atomic E-state index is 0.0259. The molecule has 2 rings (SSSR count). The number of aliphatic carboxylic acids is 1. The molecule has 1 aliphatic rings. The Morgan fingerprint density at radius 3 is 2.86 bits per heavy atom. The van der Waals surface area contributed by atoms with Crippen molar-refractivity contribution < 1.29 is 19.6 Å². The number of carboxylic acids is 1. The molecule has 0 amide bonds. The molecule has 0 aliphatic carbocycles. The molecule has 1 fully saturated rings. The van der Waals surface area contributed by atoms with Crippen molar-refractivity contribution in [3.05, 3.63) is 33.9 Å². The second kappa shape index (κ2) is 5.69. The van der Waals surface area contributed by atoms with Crippen LogP contribution < -0.4 is 4.74 Å². The standard InChI is InChI=1S/C14H18N2O5/c1-14(13(17)18)6-3-7-15(14)9-10-8-11(16(19)20)4-5-12(10)21-2/h4-5,8H,3,6-7,9H2,1-2H3,(H,17,18). The van der Waals surface area contributed by atoms with Gasteiger partial charge in [0.05, 0.1) is 12.0 Å². The van der Waals surface area contributed by atoms with Crippen LogP contribution in [0.1, 0.15) is 25.3 Å². The van der Waals surface area contributed by atoms with Crippen LogP contribution in [0.15, 0.2) is 18.2 Å². The maximum Gasteiger partial charge on any atom is 0.323 e. The molecule has 1 saturated heterocycles. The quantitative estimate of drug-likeness (QED) is 0.660. The fraction of sp³-hybridized carbons (Fsp3) is 0.500. The van der Waals surface area contributed by atoms with E-state index in [-0.39, 0.29) is 5.69 Å². The first-order chi connectivity index (χ1) is 9.88. The Kier molecular flexibility index (Phi) is 4.13. The van der Waals surface area contributed by atoms with Gasteiger partial charge in [0, 0.05) is 24.2 Å². The van der Waals surface area contributed by atoms with Gasteiger partial charge in [0.1, 0.15) is 11.3 Å². The number of nitro groups is 1. The molecular formula is C14H18N2O5. The Morgan fingerprint density at radius 2 is 2.29 bits per heavy atom. The van der Waals surface area contributed by atoms with Crippen LogP contribution in [-0.2, 0) is 11.3 Å². The normalized spacial score (nSPS) is 22.2. The summed E-state index contributed by atoms with van der Waals surface area (Å²) in [6.07, 6.45) is 1.36. The van der Waals surface area contributed by atoms with Crippen LogP contribution in [0.4, 0.5) is 5.69 Å². The van der Waals surface area contributed by atoms with E-state index in [2.05, 4.69) is 0 Å². The Balaban J connectivity index is 2.32. The molecule has 7 heteroatoms. The number of nitro benzene ring substituents is 1. The van der Waals surface area contributed by atoms with E-state index in [0.717, 1.165) is 6.42 Å². The maximum absolute atomic E-state index is 11.5. The number of hydrogen-bond donors (Lipinski definition) is 1. The summed E-state index contributed by atoms with van der Waals surface area (Å²) in [6, 6.07) is 4.36. The van der Waals surface area contributed by atoms with E-state index >= 15 is 0 Å². The van der Waals surface area contributed by atoms with Gasteiger partial charge in [0.15, 0.2) is 0 Å². The first-order valence-corrected chi connectivity index (χ1v) is 6.68. The molecule has 0 radical (unpaired) electrons. The molecule has 114 valence electrons. The summed E-state index contributed by atoms with van der Waals surface area (Å²) in [5.74, 6) is -0.343. The van der Waals surface area contributed by atoms with Crippen LogP contribution in [-0.4, -0.2) is 40.1 Å². The van der Waals surface area contributed by atoms with E-state index in [1.54, 1.807) is 13.0 Å². The molecule has 1 atom stereocenters. The molecule has 0 spiro atoms. The Bertz CT molecular complexity index is 574. The van der Waals surface area contributed by atoms with Crippen molar-refractivity contribution in [2.24, 2.45) is 0 Å². The van der Waals surface area contributed by atoms with Crippen molar-refractivity contribution in [1.29, 1.82) is 0 Å². The number of methoxy groups -OCH3 is 1. The molecule has 1 unspecified atom stereocenters. The SMILES string of the molecule is COc1ccc([N+](=O)[O-])cc1CN1CCCC1(C)C(=O)O. The highest BCUT2D eigenvalue weighted by Gasteiger charge is 2.43. The largest absolute Gasteiger partial charge is 0.496 e. The minimum atomic E-state index is -0.935. The van der Waals surface area contributed by atoms with E-state index in [0.29, 0.717) is 30.8 Å². The zero-order chi connectivity index (χ0) is 15.6. The topological polar surface area (TPSA) is 92.9 Å². The van der Waals surface area contributed by atoms with Crippen molar-refractivity contribution >= 4 is 11.7 Å². The van der Waals surface area contributed by atoms with Crippen molar-refractivity contribution in [2.45, 2.75) is 31.8 Å². The molecule has 1 aliphatic heterocycles. The van der Waals surface area contributed by atoms with Gasteiger partial charge in [0.25, 0.3) is 5.69 Å². The van der Waals surface area contributed by atoms with Gasteiger partial charge in [-0.2, -0.15) is 0 Å². The van der Waals surface area contributed by atoms with Gasteiger partial charge in [-0.25, -0.2) is 0 Å². The molecule has 0 saturated carbocycles. The predicted molar refractivity (Wildman–Crippen MR) is 75.3 cm³/mol. The first kappa shape index (κ1) is 15.2. The second-order valence-corrected chi connectivity index (χ2v) is 5.36. The number of ether oxygens (including phenoxy) is 1. The molecular weight excluding hydrogens is 276 g/mol. The second-order valence-electron chi connectivity index (χ2n) is 5.36. The molecule has 1 heterocycles. The lowest BCUT2D eigenvalue weighted by molar-refractivity contribution is -0.385. The van der Waals surface area contributed by atoms with Crippen LogP contribution in [0.2, 0.25) is 0 Å². The summed E-state index contributed by atoms with van der Waals surface area (Å²) in [7, 11) is 1.49. The Hall–Kier alpha value is -2.15. The zero-order valence-corrected chi connectivity index (χ0v) is 12.0. The summed E-state index contributed by atoms with van der Waals surface area (Å²) in [5, 5.41) is 20.3. The van der Waals surface area contributed by atoms with E-state index in [1.807, 2.05) is 4.90 Å². The van der Waals surface area contributed by atoms with E-state index in [9.17, 15) is 20.0 Å². The predicted octanol–water partition coefficient (Wildman–Crippen LogP) is 2.04. The van der Waals surface area contributed by atoms with E-state index in [4.69, 9.17) is 4.74 Å². The van der Waals surface area contributed by atoms with Crippen LogP contribution in [0, 0.1) is 10.1 Å². The number of rotatable bonds is 5. The van der Waals surface area contributed by atoms with Crippen molar-refractivity contribution in [3.63, 3.8) is 0 Å². The maximum atomic E-state index is 11.5. The molecule has 1 aromatic rings. The summed E-state index contributed by atoms with van der Waals surface area (Å²) < 4.78 is 5.22. The molecule has 0 aromatic heterocycles. The number of hydrogen-bond acceptors (Lipinski definition) is 5. The van der Waals surface area contributed by atoms with E-state index in [1.165, 1.54) is 19.2 Å². The average molecular weight is 294 g/mol. The number of carboxylic acid groups (broad SMARTS) is 1. The lowest BCUT2D eigenvalue weighted by atomic mass is 9.98. The summed E-state index contributed by atoms with van der Waals surface area (Å²) >= 11 is 0. The number of carbonyl (C=O) groups is 1. The number of benzene rings is 1. The smallest absolute Gasteiger partial charge is 0.323 e. The van der Waals surface area contributed by atoms with Gasteiger partial charge >= 0.3 is 5.97 Å². The Morgan fingerprint density at radius 1 is 1.57 bits per heavy atom. The van der Waals surface area contributed by atoms with Crippen molar-refractivity contribution in [1.82, 2.24) is 4.90 Å². The van der Waals surface area contributed by atoms with Gasteiger partial charge in [0.2, 0.25) is 0 Å². The number of non-ortho nitro benzene ring substituents is 1. The van der Waals surface area contributed by atoms with Gasteiger partial charge in [-0.05, 0) is 32.4 Å². The third-order valence-electron chi connectivity index (χ3n) is 4.09. The minimum Gasteiger partial charge on any atom is -0.496 e. The zero-order valence-electron chi connectivity index (χ0n) is 12.0. The number of likely N-dealkylation sites (tertiary alicyclic amines) is 1. The lowest BCUT2D eigenvalue weighted by Gasteiger charge is -2.31. The average Bonchev–Trinajstić information content (AvgIpc) is 2.81. The van der Waals surface area contributed by atoms with Crippen molar-refractivity contribution in [2.75, 3.05) is 13.7 Å². The van der Waals surface area contributed by atoms with Crippen LogP contribution in [0.25, 0.3) is 0 Å². The highest BCUT2D eigenvalue weighted by molar-refractivity contribution is 5.78. The number of nitrogens with zero attached hydrogens (tertiary/aromatic N) is 2. The fourth-order valence-corrected chi connectivity index (χ4v) is 2.72. The van der Waals surface area contributed by atoms with Gasteiger partial charge < -0.3 is 9.84 Å². The molecule has 0 bridgehead atoms. The molecule has 1 N–H and O–H groups in total. The summed E-state index contributed by atoms with van der Waals surface area (Å²) in [5.41, 5.74) is -0.335. The van der Waals surface area contributed by atoms with Crippen LogP contribution in [0.5, 0.6) is 5.75 Å². The molecule has 1 aromatic carbocycles. The molecule has 7 nitrogen and oxygen atoms in total. The lowest BCUT2D eigenvalue weighted by Crippen LogP contribution is -2.47.